The van der Waals surface area contributed by atoms with Crippen molar-refractivity contribution in [3.05, 3.63) is 52.8 Å². The number of hydrogen-bond acceptors (Lipinski definition) is 7. The van der Waals surface area contributed by atoms with Gasteiger partial charge in [0.1, 0.15) is 0 Å². The largest absolute Gasteiger partial charge is 0.468 e. The number of carbonyl (C=O) groups is 2. The van der Waals surface area contributed by atoms with Crippen LogP contribution in [0.2, 0.25) is 0 Å². The number of esters is 1. The molecule has 2 heterocycles. The van der Waals surface area contributed by atoms with Gasteiger partial charge in [0, 0.05) is 12.6 Å². The first-order valence-electron chi connectivity index (χ1n) is 8.59. The van der Waals surface area contributed by atoms with Crippen LogP contribution >= 0.6 is 11.8 Å². The van der Waals surface area contributed by atoms with Crippen molar-refractivity contribution >= 4 is 29.3 Å². The summed E-state index contributed by atoms with van der Waals surface area (Å²) in [5.41, 5.74) is 3.69. The Morgan fingerprint density at radius 3 is 2.78 bits per heavy atom. The van der Waals surface area contributed by atoms with Gasteiger partial charge in [0.05, 0.1) is 24.1 Å². The second-order valence-corrected chi connectivity index (χ2v) is 7.49. The number of rotatable bonds is 4. The van der Waals surface area contributed by atoms with E-state index in [4.69, 9.17) is 0 Å². The summed E-state index contributed by atoms with van der Waals surface area (Å²) < 4.78 is 6.12. The highest BCUT2D eigenvalue weighted by molar-refractivity contribution is 7.99. The van der Waals surface area contributed by atoms with Gasteiger partial charge in [0.25, 0.3) is 5.78 Å². The number of ether oxygens (including phenoxy) is 1. The Labute approximate surface area is 160 Å². The van der Waals surface area contributed by atoms with Gasteiger partial charge in [-0.3, -0.25) is 9.59 Å². The van der Waals surface area contributed by atoms with E-state index in [0.717, 1.165) is 11.3 Å². The highest BCUT2D eigenvalue weighted by Gasteiger charge is 2.28. The molecule has 0 unspecified atom stereocenters. The maximum atomic E-state index is 12.7. The van der Waals surface area contributed by atoms with Gasteiger partial charge in [0.15, 0.2) is 5.78 Å². The van der Waals surface area contributed by atoms with E-state index in [1.807, 2.05) is 6.92 Å². The van der Waals surface area contributed by atoms with Crippen LogP contribution in [-0.4, -0.2) is 44.2 Å². The number of aryl methyl sites for hydroxylation is 1. The monoisotopic (exact) mass is 382 g/mol. The number of thioether (sulfide) groups is 1. The molecule has 0 radical (unpaired) electrons. The normalized spacial score (nSPS) is 16.4. The molecular weight excluding hydrogens is 364 g/mol. The van der Waals surface area contributed by atoms with Crippen molar-refractivity contribution in [3.8, 4) is 0 Å². The molecule has 0 bridgehead atoms. The first-order chi connectivity index (χ1) is 13.0. The Kier molecular flexibility index (Phi) is 4.65. The van der Waals surface area contributed by atoms with Gasteiger partial charge in [0.2, 0.25) is 5.16 Å². The zero-order chi connectivity index (χ0) is 19.0. The first kappa shape index (κ1) is 17.7. The average Bonchev–Trinajstić information content (AvgIpc) is 3.07. The van der Waals surface area contributed by atoms with E-state index in [9.17, 15) is 9.59 Å². The lowest BCUT2D eigenvalue weighted by molar-refractivity contribution is -0.137. The maximum Gasteiger partial charge on any atom is 0.316 e. The number of carbonyl (C=O) groups excluding carboxylic acids is 2. The van der Waals surface area contributed by atoms with E-state index < -0.39 is 0 Å². The van der Waals surface area contributed by atoms with Crippen LogP contribution in [0, 0.1) is 6.92 Å². The van der Waals surface area contributed by atoms with Crippen molar-refractivity contribution in [2.24, 2.45) is 0 Å². The second kappa shape index (κ2) is 7.11. The molecule has 0 amide bonds. The third kappa shape index (κ3) is 3.57. The lowest BCUT2D eigenvalue weighted by Crippen LogP contribution is -2.21. The molecule has 8 heteroatoms. The lowest BCUT2D eigenvalue weighted by atomic mass is 9.82. The van der Waals surface area contributed by atoms with E-state index in [1.54, 1.807) is 6.20 Å². The standard InChI is InChI=1S/C19H18N4O3S/c1-11-3-5-12(6-4-11)13-7-15-14(16(24)8-13)9-23-18(20-15)21-19(22-23)27-10-17(25)26-2/h3-6,9,13H,7-8,10H2,1-2H3/t13-/m0/s1. The zero-order valence-corrected chi connectivity index (χ0v) is 15.8. The van der Waals surface area contributed by atoms with E-state index in [0.29, 0.717) is 29.3 Å². The average molecular weight is 382 g/mol. The number of benzene rings is 1. The first-order valence-corrected chi connectivity index (χ1v) is 9.57. The molecule has 0 saturated carbocycles. The Morgan fingerprint density at radius 1 is 1.26 bits per heavy atom. The fraction of sp³-hybridized carbons (Fsp3) is 0.316. The third-order valence-corrected chi connectivity index (χ3v) is 5.47. The number of ketones is 1. The van der Waals surface area contributed by atoms with Gasteiger partial charge in [-0.05, 0) is 24.8 Å². The number of aromatic nitrogens is 4. The summed E-state index contributed by atoms with van der Waals surface area (Å²) in [4.78, 5) is 32.9. The van der Waals surface area contributed by atoms with Gasteiger partial charge in [-0.25, -0.2) is 9.50 Å². The van der Waals surface area contributed by atoms with Crippen LogP contribution in [0.3, 0.4) is 0 Å². The van der Waals surface area contributed by atoms with Crippen LogP contribution in [0.25, 0.3) is 5.78 Å². The van der Waals surface area contributed by atoms with Crippen LogP contribution in [0.5, 0.6) is 0 Å². The summed E-state index contributed by atoms with van der Waals surface area (Å²) >= 11 is 1.18. The van der Waals surface area contributed by atoms with Crippen molar-refractivity contribution < 1.29 is 14.3 Å². The molecule has 7 nitrogen and oxygen atoms in total. The summed E-state index contributed by atoms with van der Waals surface area (Å²) in [6.45, 7) is 2.05. The Bertz CT molecular complexity index is 1030. The smallest absolute Gasteiger partial charge is 0.316 e. The predicted octanol–water partition coefficient (Wildman–Crippen LogP) is 2.61. The molecule has 1 aliphatic rings. The van der Waals surface area contributed by atoms with E-state index in [1.165, 1.54) is 29.0 Å². The van der Waals surface area contributed by atoms with Crippen molar-refractivity contribution in [2.45, 2.75) is 30.8 Å². The summed E-state index contributed by atoms with van der Waals surface area (Å²) in [7, 11) is 1.34. The summed E-state index contributed by atoms with van der Waals surface area (Å²) in [5, 5.41) is 4.72. The maximum absolute atomic E-state index is 12.7. The number of nitrogens with zero attached hydrogens (tertiary/aromatic N) is 4. The predicted molar refractivity (Wildman–Crippen MR) is 100 cm³/mol. The summed E-state index contributed by atoms with van der Waals surface area (Å²) in [6, 6.07) is 8.29. The number of methoxy groups -OCH3 is 1. The van der Waals surface area contributed by atoms with Gasteiger partial charge >= 0.3 is 5.97 Å². The third-order valence-electron chi connectivity index (χ3n) is 4.66. The van der Waals surface area contributed by atoms with Crippen LogP contribution < -0.4 is 0 Å². The highest BCUT2D eigenvalue weighted by Crippen LogP contribution is 2.32. The lowest BCUT2D eigenvalue weighted by Gasteiger charge is -2.23. The molecular formula is C19H18N4O3S. The molecule has 0 fully saturated rings. The quantitative estimate of drug-likeness (QED) is 0.506. The fourth-order valence-electron chi connectivity index (χ4n) is 3.18. The Hall–Kier alpha value is -2.74. The van der Waals surface area contributed by atoms with Gasteiger partial charge in [-0.2, -0.15) is 4.98 Å². The van der Waals surface area contributed by atoms with Crippen molar-refractivity contribution in [1.82, 2.24) is 19.6 Å². The van der Waals surface area contributed by atoms with E-state index in [2.05, 4.69) is 44.1 Å². The SMILES string of the molecule is COC(=O)CSc1nc2nc3c(cn2n1)C(=O)C[C@@H](c1ccc(C)cc1)C3. The molecule has 138 valence electrons. The highest BCUT2D eigenvalue weighted by atomic mass is 32.2. The number of Topliss-reactive ketones (excluding diaryl/α,β-unsaturated/α-hetero) is 1. The van der Waals surface area contributed by atoms with Gasteiger partial charge in [-0.15, -0.1) is 5.10 Å². The molecule has 0 spiro atoms. The van der Waals surface area contributed by atoms with Gasteiger partial charge in [-0.1, -0.05) is 41.6 Å². The van der Waals surface area contributed by atoms with Crippen molar-refractivity contribution in [2.75, 3.05) is 12.9 Å². The molecule has 3 aromatic rings. The van der Waals surface area contributed by atoms with Crippen LogP contribution in [0.4, 0.5) is 0 Å². The second-order valence-electron chi connectivity index (χ2n) is 6.54. The van der Waals surface area contributed by atoms with Crippen molar-refractivity contribution in [1.29, 1.82) is 0 Å². The van der Waals surface area contributed by atoms with E-state index in [-0.39, 0.29) is 23.4 Å². The van der Waals surface area contributed by atoms with Crippen molar-refractivity contribution in [3.63, 3.8) is 0 Å². The molecule has 1 aliphatic carbocycles. The molecule has 27 heavy (non-hydrogen) atoms. The Morgan fingerprint density at radius 2 is 2.04 bits per heavy atom. The minimum Gasteiger partial charge on any atom is -0.468 e. The molecule has 4 rings (SSSR count). The van der Waals surface area contributed by atoms with Crippen LogP contribution in [0.15, 0.2) is 35.6 Å². The van der Waals surface area contributed by atoms with Crippen LogP contribution in [-0.2, 0) is 16.0 Å². The minimum absolute atomic E-state index is 0.0653. The molecule has 2 aromatic heterocycles. The zero-order valence-electron chi connectivity index (χ0n) is 15.0. The molecule has 0 saturated heterocycles. The topological polar surface area (TPSA) is 86.4 Å². The number of fused-ring (bicyclic) bond motifs is 2. The molecule has 1 atom stereocenters. The number of hydrogen-bond donors (Lipinski definition) is 0. The van der Waals surface area contributed by atoms with E-state index >= 15 is 0 Å². The fourth-order valence-corrected chi connectivity index (χ4v) is 3.84. The summed E-state index contributed by atoms with van der Waals surface area (Å²) in [5.74, 6) is 0.398. The van der Waals surface area contributed by atoms with Crippen LogP contribution in [0.1, 0.15) is 39.5 Å². The minimum atomic E-state index is -0.345. The summed E-state index contributed by atoms with van der Waals surface area (Å²) in [6.07, 6.45) is 2.85. The molecule has 1 aromatic carbocycles. The molecule has 0 N–H and O–H groups in total. The molecule has 0 aliphatic heterocycles. The van der Waals surface area contributed by atoms with Gasteiger partial charge < -0.3 is 4.74 Å². The Balaban J connectivity index is 1.62.